The Morgan fingerprint density at radius 3 is 2.79 bits per heavy atom. The van der Waals surface area contributed by atoms with Gasteiger partial charge in [-0.05, 0) is 48.6 Å². The first-order chi connectivity index (χ1) is 9.24. The minimum absolute atomic E-state index is 0.563. The third-order valence-corrected chi connectivity index (χ3v) is 3.61. The molecule has 0 bridgehead atoms. The lowest BCUT2D eigenvalue weighted by Crippen LogP contribution is -2.09. The Labute approximate surface area is 113 Å². The lowest BCUT2D eigenvalue weighted by Gasteiger charge is -2.19. The number of fused-ring (bicyclic) bond motifs is 1. The predicted molar refractivity (Wildman–Crippen MR) is 75.5 cm³/mol. The number of hydrogen-bond acceptors (Lipinski definition) is 2. The smallest absolute Gasteiger partial charge is 0.122 e. The summed E-state index contributed by atoms with van der Waals surface area (Å²) in [6.45, 7) is 2.84. The molecule has 1 atom stereocenters. The van der Waals surface area contributed by atoms with E-state index in [2.05, 4.69) is 6.07 Å². The van der Waals surface area contributed by atoms with E-state index in [1.54, 1.807) is 0 Å². The molecule has 2 aromatic carbocycles. The second-order valence-corrected chi connectivity index (χ2v) is 5.14. The van der Waals surface area contributed by atoms with Crippen molar-refractivity contribution in [1.82, 2.24) is 0 Å². The maximum atomic E-state index is 10.5. The van der Waals surface area contributed by atoms with Crippen LogP contribution in [0.1, 0.15) is 34.8 Å². The summed E-state index contributed by atoms with van der Waals surface area (Å²) < 4.78 is 5.60. The summed E-state index contributed by atoms with van der Waals surface area (Å²) in [5.41, 5.74) is 4.25. The standard InChI is InChI=1S/C17H18O2/c1-12-4-2-5-14(10-12)17(18)15-7-8-16-13(11-15)6-3-9-19-16/h2,4-5,7-8,10-11,17-18H,3,6,9H2,1H3. The summed E-state index contributed by atoms with van der Waals surface area (Å²) in [6.07, 6.45) is 1.52. The van der Waals surface area contributed by atoms with Crippen LogP contribution in [0.15, 0.2) is 42.5 Å². The van der Waals surface area contributed by atoms with Crippen molar-refractivity contribution in [3.05, 3.63) is 64.7 Å². The van der Waals surface area contributed by atoms with Crippen molar-refractivity contribution in [3.63, 3.8) is 0 Å². The number of benzene rings is 2. The lowest BCUT2D eigenvalue weighted by molar-refractivity contribution is 0.219. The molecule has 1 aliphatic heterocycles. The highest BCUT2D eigenvalue weighted by Crippen LogP contribution is 2.30. The van der Waals surface area contributed by atoms with Crippen LogP contribution in [0.4, 0.5) is 0 Å². The minimum Gasteiger partial charge on any atom is -0.493 e. The number of ether oxygens (including phenoxy) is 1. The zero-order valence-electron chi connectivity index (χ0n) is 11.1. The Bertz CT molecular complexity index is 590. The van der Waals surface area contributed by atoms with Crippen LogP contribution >= 0.6 is 0 Å². The van der Waals surface area contributed by atoms with Crippen LogP contribution in [0.3, 0.4) is 0 Å². The van der Waals surface area contributed by atoms with Crippen LogP contribution in [-0.2, 0) is 6.42 Å². The molecule has 0 spiro atoms. The molecule has 1 N–H and O–H groups in total. The van der Waals surface area contributed by atoms with Gasteiger partial charge in [-0.25, -0.2) is 0 Å². The van der Waals surface area contributed by atoms with Gasteiger partial charge in [0.05, 0.1) is 6.61 Å². The van der Waals surface area contributed by atoms with Crippen molar-refractivity contribution >= 4 is 0 Å². The molecule has 0 aromatic heterocycles. The fourth-order valence-corrected chi connectivity index (χ4v) is 2.58. The first-order valence-electron chi connectivity index (χ1n) is 6.74. The van der Waals surface area contributed by atoms with Crippen molar-refractivity contribution in [3.8, 4) is 5.75 Å². The molecule has 2 aromatic rings. The number of rotatable bonds is 2. The third-order valence-electron chi connectivity index (χ3n) is 3.61. The van der Waals surface area contributed by atoms with Gasteiger partial charge in [0.2, 0.25) is 0 Å². The van der Waals surface area contributed by atoms with Gasteiger partial charge in [0.15, 0.2) is 0 Å². The van der Waals surface area contributed by atoms with Gasteiger partial charge in [0, 0.05) is 0 Å². The maximum Gasteiger partial charge on any atom is 0.122 e. The molecule has 3 rings (SSSR count). The highest BCUT2D eigenvalue weighted by Gasteiger charge is 2.15. The molecule has 0 saturated carbocycles. The molecule has 0 saturated heterocycles. The zero-order valence-corrected chi connectivity index (χ0v) is 11.1. The zero-order chi connectivity index (χ0) is 13.2. The molecule has 0 radical (unpaired) electrons. The highest BCUT2D eigenvalue weighted by atomic mass is 16.5. The molecular formula is C17H18O2. The van der Waals surface area contributed by atoms with Crippen LogP contribution in [0.5, 0.6) is 5.75 Å². The summed E-state index contributed by atoms with van der Waals surface area (Å²) >= 11 is 0. The lowest BCUT2D eigenvalue weighted by atomic mass is 9.96. The molecule has 0 aliphatic carbocycles. The van der Waals surface area contributed by atoms with E-state index in [0.29, 0.717) is 0 Å². The summed E-state index contributed by atoms with van der Waals surface area (Å²) in [6, 6.07) is 14.0. The fourth-order valence-electron chi connectivity index (χ4n) is 2.58. The Morgan fingerprint density at radius 2 is 1.95 bits per heavy atom. The quantitative estimate of drug-likeness (QED) is 0.890. The van der Waals surface area contributed by atoms with Crippen molar-refractivity contribution in [2.45, 2.75) is 25.9 Å². The van der Waals surface area contributed by atoms with Crippen LogP contribution < -0.4 is 4.74 Å². The van der Waals surface area contributed by atoms with Crippen molar-refractivity contribution < 1.29 is 9.84 Å². The molecule has 2 nitrogen and oxygen atoms in total. The summed E-state index contributed by atoms with van der Waals surface area (Å²) in [7, 11) is 0. The van der Waals surface area contributed by atoms with Gasteiger partial charge in [-0.2, -0.15) is 0 Å². The summed E-state index contributed by atoms with van der Waals surface area (Å²) in [5.74, 6) is 0.964. The van der Waals surface area contributed by atoms with Gasteiger partial charge in [-0.3, -0.25) is 0 Å². The Hall–Kier alpha value is -1.80. The average Bonchev–Trinajstić information content (AvgIpc) is 2.46. The molecule has 19 heavy (non-hydrogen) atoms. The molecule has 0 amide bonds. The van der Waals surface area contributed by atoms with Crippen molar-refractivity contribution in [1.29, 1.82) is 0 Å². The van der Waals surface area contributed by atoms with E-state index in [9.17, 15) is 5.11 Å². The van der Waals surface area contributed by atoms with Gasteiger partial charge in [0.1, 0.15) is 11.9 Å². The molecule has 0 fully saturated rings. The van der Waals surface area contributed by atoms with E-state index in [1.807, 2.05) is 43.3 Å². The topological polar surface area (TPSA) is 29.5 Å². The molecule has 2 heteroatoms. The van der Waals surface area contributed by atoms with E-state index in [-0.39, 0.29) is 0 Å². The van der Waals surface area contributed by atoms with Gasteiger partial charge in [-0.15, -0.1) is 0 Å². The number of aliphatic hydroxyl groups is 1. The van der Waals surface area contributed by atoms with E-state index in [4.69, 9.17) is 4.74 Å². The Morgan fingerprint density at radius 1 is 1.11 bits per heavy atom. The molecule has 1 heterocycles. The highest BCUT2D eigenvalue weighted by molar-refractivity contribution is 5.42. The van der Waals surface area contributed by atoms with Crippen LogP contribution in [-0.4, -0.2) is 11.7 Å². The molecule has 98 valence electrons. The normalized spacial score (nSPS) is 15.5. The van der Waals surface area contributed by atoms with E-state index in [0.717, 1.165) is 41.9 Å². The second kappa shape index (κ2) is 5.06. The monoisotopic (exact) mass is 254 g/mol. The summed E-state index contributed by atoms with van der Waals surface area (Å²) in [5, 5.41) is 10.5. The van der Waals surface area contributed by atoms with Crippen LogP contribution in [0.2, 0.25) is 0 Å². The maximum absolute atomic E-state index is 10.5. The van der Waals surface area contributed by atoms with Gasteiger partial charge >= 0.3 is 0 Å². The molecule has 1 unspecified atom stereocenters. The summed E-state index contributed by atoms with van der Waals surface area (Å²) in [4.78, 5) is 0. The second-order valence-electron chi connectivity index (χ2n) is 5.14. The first-order valence-corrected chi connectivity index (χ1v) is 6.74. The van der Waals surface area contributed by atoms with Gasteiger partial charge < -0.3 is 9.84 Å². The van der Waals surface area contributed by atoms with Crippen molar-refractivity contribution in [2.75, 3.05) is 6.61 Å². The van der Waals surface area contributed by atoms with Crippen molar-refractivity contribution in [2.24, 2.45) is 0 Å². The largest absolute Gasteiger partial charge is 0.493 e. The third kappa shape index (κ3) is 2.49. The fraction of sp³-hybridized carbons (Fsp3) is 0.294. The minimum atomic E-state index is -0.563. The van der Waals surface area contributed by atoms with Crippen LogP contribution in [0.25, 0.3) is 0 Å². The molecular weight excluding hydrogens is 236 g/mol. The number of aryl methyl sites for hydroxylation is 2. The number of aliphatic hydroxyl groups excluding tert-OH is 1. The van der Waals surface area contributed by atoms with Crippen LogP contribution in [0, 0.1) is 6.92 Å². The van der Waals surface area contributed by atoms with E-state index in [1.165, 1.54) is 5.56 Å². The van der Waals surface area contributed by atoms with Gasteiger partial charge in [-0.1, -0.05) is 35.9 Å². The number of hydrogen-bond donors (Lipinski definition) is 1. The SMILES string of the molecule is Cc1cccc(C(O)c2ccc3c(c2)CCCO3)c1. The Kier molecular flexibility index (Phi) is 3.26. The molecule has 1 aliphatic rings. The first kappa shape index (κ1) is 12.2. The van der Waals surface area contributed by atoms with E-state index < -0.39 is 6.10 Å². The predicted octanol–water partition coefficient (Wildman–Crippen LogP) is 3.40. The Balaban J connectivity index is 1.93. The van der Waals surface area contributed by atoms with Gasteiger partial charge in [0.25, 0.3) is 0 Å². The average molecular weight is 254 g/mol. The van der Waals surface area contributed by atoms with E-state index >= 15 is 0 Å².